The van der Waals surface area contributed by atoms with Crippen LogP contribution in [0, 0.1) is 0 Å². The van der Waals surface area contributed by atoms with Gasteiger partial charge < -0.3 is 14.8 Å². The lowest BCUT2D eigenvalue weighted by atomic mass is 10.1. The first-order valence-corrected chi connectivity index (χ1v) is 7.21. The Hall–Kier alpha value is -1.71. The Bertz CT molecular complexity index is 601. The molecule has 0 radical (unpaired) electrons. The largest absolute Gasteiger partial charge is 0.497 e. The van der Waals surface area contributed by atoms with E-state index in [-0.39, 0.29) is 6.04 Å². The van der Waals surface area contributed by atoms with Crippen molar-refractivity contribution < 1.29 is 9.47 Å². The highest BCUT2D eigenvalue weighted by atomic mass is 35.5. The standard InChI is InChI=1S/C17H20ClNO2/c1-12(13-5-4-6-16(10-13)20-2)19-11-14-9-15(18)7-8-17(14)21-3/h4-10,12,19H,11H2,1-3H3. The number of halogens is 1. The van der Waals surface area contributed by atoms with Crippen LogP contribution in [0.4, 0.5) is 0 Å². The lowest BCUT2D eigenvalue weighted by molar-refractivity contribution is 0.405. The molecule has 0 saturated heterocycles. The lowest BCUT2D eigenvalue weighted by Gasteiger charge is -2.16. The number of hydrogen-bond acceptors (Lipinski definition) is 3. The molecule has 2 aromatic carbocycles. The minimum atomic E-state index is 0.198. The fraction of sp³-hybridized carbons (Fsp3) is 0.294. The molecule has 4 heteroatoms. The van der Waals surface area contributed by atoms with Crippen molar-refractivity contribution in [1.29, 1.82) is 0 Å². The molecule has 0 fully saturated rings. The molecule has 0 saturated carbocycles. The molecule has 0 aliphatic carbocycles. The van der Waals surface area contributed by atoms with E-state index in [1.165, 1.54) is 5.56 Å². The number of rotatable bonds is 6. The van der Waals surface area contributed by atoms with E-state index in [9.17, 15) is 0 Å². The number of benzene rings is 2. The molecule has 0 aliphatic rings. The molecule has 0 amide bonds. The van der Waals surface area contributed by atoms with Gasteiger partial charge in [0.15, 0.2) is 0 Å². The molecule has 0 bridgehead atoms. The van der Waals surface area contributed by atoms with Gasteiger partial charge in [-0.1, -0.05) is 23.7 Å². The van der Waals surface area contributed by atoms with Crippen molar-refractivity contribution in [3.05, 3.63) is 58.6 Å². The molecule has 0 aliphatic heterocycles. The number of nitrogens with one attached hydrogen (secondary N) is 1. The third-order valence-electron chi connectivity index (χ3n) is 3.43. The summed E-state index contributed by atoms with van der Waals surface area (Å²) >= 11 is 6.05. The fourth-order valence-corrected chi connectivity index (χ4v) is 2.37. The Morgan fingerprint density at radius 1 is 1.10 bits per heavy atom. The van der Waals surface area contributed by atoms with Crippen molar-refractivity contribution in [2.45, 2.75) is 19.5 Å². The van der Waals surface area contributed by atoms with Gasteiger partial charge in [0.05, 0.1) is 14.2 Å². The predicted octanol–water partition coefficient (Wildman–Crippen LogP) is 4.21. The molecule has 1 N–H and O–H groups in total. The molecule has 2 rings (SSSR count). The van der Waals surface area contributed by atoms with Gasteiger partial charge in [-0.05, 0) is 42.8 Å². The highest BCUT2D eigenvalue weighted by Crippen LogP contribution is 2.24. The second kappa shape index (κ2) is 7.34. The molecule has 0 aromatic heterocycles. The van der Waals surface area contributed by atoms with Gasteiger partial charge in [0.25, 0.3) is 0 Å². The zero-order valence-electron chi connectivity index (χ0n) is 12.5. The van der Waals surface area contributed by atoms with Crippen molar-refractivity contribution >= 4 is 11.6 Å². The average Bonchev–Trinajstić information content (AvgIpc) is 2.52. The summed E-state index contributed by atoms with van der Waals surface area (Å²) in [6.07, 6.45) is 0. The van der Waals surface area contributed by atoms with Crippen LogP contribution < -0.4 is 14.8 Å². The van der Waals surface area contributed by atoms with Crippen LogP contribution in [0.1, 0.15) is 24.1 Å². The maximum atomic E-state index is 6.05. The first kappa shape index (κ1) is 15.7. The van der Waals surface area contributed by atoms with Gasteiger partial charge >= 0.3 is 0 Å². The van der Waals surface area contributed by atoms with Crippen LogP contribution in [-0.2, 0) is 6.54 Å². The summed E-state index contributed by atoms with van der Waals surface area (Å²) in [4.78, 5) is 0. The summed E-state index contributed by atoms with van der Waals surface area (Å²) in [5.74, 6) is 1.70. The summed E-state index contributed by atoms with van der Waals surface area (Å²) in [5, 5.41) is 4.18. The topological polar surface area (TPSA) is 30.5 Å². The second-order valence-electron chi connectivity index (χ2n) is 4.84. The van der Waals surface area contributed by atoms with Crippen LogP contribution in [0.2, 0.25) is 5.02 Å². The summed E-state index contributed by atoms with van der Waals surface area (Å²) < 4.78 is 10.6. The SMILES string of the molecule is COc1cccc(C(C)NCc2cc(Cl)ccc2OC)c1. The normalized spacial score (nSPS) is 12.0. The van der Waals surface area contributed by atoms with E-state index in [4.69, 9.17) is 21.1 Å². The number of methoxy groups -OCH3 is 2. The van der Waals surface area contributed by atoms with Crippen LogP contribution >= 0.6 is 11.6 Å². The molecule has 1 unspecified atom stereocenters. The third kappa shape index (κ3) is 4.13. The molecule has 0 spiro atoms. The summed E-state index contributed by atoms with van der Waals surface area (Å²) in [6, 6.07) is 13.9. The van der Waals surface area contributed by atoms with Gasteiger partial charge in [0.1, 0.15) is 11.5 Å². The first-order chi connectivity index (χ1) is 10.1. The van der Waals surface area contributed by atoms with E-state index in [1.807, 2.05) is 36.4 Å². The van der Waals surface area contributed by atoms with Gasteiger partial charge in [-0.15, -0.1) is 0 Å². The molecule has 112 valence electrons. The molecular formula is C17H20ClNO2. The smallest absolute Gasteiger partial charge is 0.123 e. The van der Waals surface area contributed by atoms with E-state index in [1.54, 1.807) is 14.2 Å². The number of ether oxygens (including phenoxy) is 2. The molecule has 21 heavy (non-hydrogen) atoms. The van der Waals surface area contributed by atoms with Gasteiger partial charge in [-0.25, -0.2) is 0 Å². The minimum absolute atomic E-state index is 0.198. The summed E-state index contributed by atoms with van der Waals surface area (Å²) in [5.41, 5.74) is 2.22. The monoisotopic (exact) mass is 305 g/mol. The zero-order valence-corrected chi connectivity index (χ0v) is 13.3. The summed E-state index contributed by atoms with van der Waals surface area (Å²) in [6.45, 7) is 2.80. The van der Waals surface area contributed by atoms with Crippen LogP contribution in [0.3, 0.4) is 0 Å². The lowest BCUT2D eigenvalue weighted by Crippen LogP contribution is -2.18. The highest BCUT2D eigenvalue weighted by Gasteiger charge is 2.09. The van der Waals surface area contributed by atoms with E-state index in [0.717, 1.165) is 17.1 Å². The minimum Gasteiger partial charge on any atom is -0.497 e. The maximum absolute atomic E-state index is 6.05. The van der Waals surface area contributed by atoms with Crippen LogP contribution in [0.5, 0.6) is 11.5 Å². The van der Waals surface area contributed by atoms with E-state index in [2.05, 4.69) is 18.3 Å². The van der Waals surface area contributed by atoms with Crippen molar-refractivity contribution in [2.75, 3.05) is 14.2 Å². The van der Waals surface area contributed by atoms with Crippen molar-refractivity contribution in [3.8, 4) is 11.5 Å². The quantitative estimate of drug-likeness (QED) is 0.867. The van der Waals surface area contributed by atoms with Crippen molar-refractivity contribution in [3.63, 3.8) is 0 Å². The van der Waals surface area contributed by atoms with E-state index < -0.39 is 0 Å². The Balaban J connectivity index is 2.06. The predicted molar refractivity (Wildman–Crippen MR) is 86.3 cm³/mol. The average molecular weight is 306 g/mol. The zero-order chi connectivity index (χ0) is 15.2. The highest BCUT2D eigenvalue weighted by molar-refractivity contribution is 6.30. The van der Waals surface area contributed by atoms with Crippen LogP contribution in [-0.4, -0.2) is 14.2 Å². The Labute approximate surface area is 130 Å². The molecule has 2 aromatic rings. The van der Waals surface area contributed by atoms with E-state index in [0.29, 0.717) is 11.6 Å². The molecular weight excluding hydrogens is 286 g/mol. The van der Waals surface area contributed by atoms with Gasteiger partial charge in [0, 0.05) is 23.2 Å². The molecule has 3 nitrogen and oxygen atoms in total. The molecule has 0 heterocycles. The van der Waals surface area contributed by atoms with Crippen LogP contribution in [0.15, 0.2) is 42.5 Å². The van der Waals surface area contributed by atoms with Gasteiger partial charge in [-0.3, -0.25) is 0 Å². The van der Waals surface area contributed by atoms with Crippen molar-refractivity contribution in [2.24, 2.45) is 0 Å². The Morgan fingerprint density at radius 3 is 2.62 bits per heavy atom. The summed E-state index contributed by atoms with van der Waals surface area (Å²) in [7, 11) is 3.34. The van der Waals surface area contributed by atoms with Crippen molar-refractivity contribution in [1.82, 2.24) is 5.32 Å². The Kier molecular flexibility index (Phi) is 5.48. The van der Waals surface area contributed by atoms with E-state index >= 15 is 0 Å². The van der Waals surface area contributed by atoms with Gasteiger partial charge in [0.2, 0.25) is 0 Å². The fourth-order valence-electron chi connectivity index (χ4n) is 2.18. The first-order valence-electron chi connectivity index (χ1n) is 6.83. The maximum Gasteiger partial charge on any atom is 0.123 e. The Morgan fingerprint density at radius 2 is 1.90 bits per heavy atom. The molecule has 1 atom stereocenters. The second-order valence-corrected chi connectivity index (χ2v) is 5.27. The number of hydrogen-bond donors (Lipinski definition) is 1. The van der Waals surface area contributed by atoms with Crippen LogP contribution in [0.25, 0.3) is 0 Å². The third-order valence-corrected chi connectivity index (χ3v) is 3.67. The van der Waals surface area contributed by atoms with Gasteiger partial charge in [-0.2, -0.15) is 0 Å².